The van der Waals surface area contributed by atoms with E-state index in [1.807, 2.05) is 45.0 Å². The van der Waals surface area contributed by atoms with Crippen LogP contribution in [0, 0.1) is 13.8 Å². The molecule has 42 heavy (non-hydrogen) atoms. The number of nitrogens with zero attached hydrogens (tertiary/aromatic N) is 2. The van der Waals surface area contributed by atoms with E-state index in [4.69, 9.17) is 9.47 Å². The number of carbonyl (C=O) groups is 2. The lowest BCUT2D eigenvalue weighted by molar-refractivity contribution is -0.139. The van der Waals surface area contributed by atoms with Crippen LogP contribution in [0.25, 0.3) is 0 Å². The van der Waals surface area contributed by atoms with E-state index in [0.717, 1.165) is 33.8 Å². The maximum Gasteiger partial charge on any atom is 0.264 e. The summed E-state index contributed by atoms with van der Waals surface area (Å²) in [5, 5.41) is 2.89. The molecule has 0 radical (unpaired) electrons. The van der Waals surface area contributed by atoms with Crippen LogP contribution in [0.5, 0.6) is 11.5 Å². The Labute approximate surface area is 249 Å². The molecule has 0 aliphatic carbocycles. The van der Waals surface area contributed by atoms with Crippen molar-refractivity contribution in [2.75, 3.05) is 31.6 Å². The minimum absolute atomic E-state index is 0.0150. The number of unbranched alkanes of at least 4 members (excludes halogenated alkanes) is 1. The molecule has 9 nitrogen and oxygen atoms in total. The average Bonchev–Trinajstić information content (AvgIpc) is 2.99. The number of carbonyl (C=O) groups excluding carboxylic acids is 2. The minimum Gasteiger partial charge on any atom is -0.497 e. The van der Waals surface area contributed by atoms with Crippen LogP contribution >= 0.6 is 0 Å². The van der Waals surface area contributed by atoms with Crippen LogP contribution in [0.4, 0.5) is 5.69 Å². The van der Waals surface area contributed by atoms with Crippen molar-refractivity contribution >= 4 is 27.5 Å². The van der Waals surface area contributed by atoms with Crippen molar-refractivity contribution in [2.24, 2.45) is 0 Å². The van der Waals surface area contributed by atoms with Crippen LogP contribution in [0.1, 0.15) is 43.4 Å². The monoisotopic (exact) mass is 595 g/mol. The number of benzene rings is 3. The second-order valence-electron chi connectivity index (χ2n) is 10.2. The van der Waals surface area contributed by atoms with Gasteiger partial charge in [0.05, 0.1) is 24.8 Å². The smallest absolute Gasteiger partial charge is 0.264 e. The van der Waals surface area contributed by atoms with Crippen molar-refractivity contribution in [1.29, 1.82) is 0 Å². The van der Waals surface area contributed by atoms with E-state index in [1.54, 1.807) is 31.2 Å². The van der Waals surface area contributed by atoms with Crippen molar-refractivity contribution < 1.29 is 27.5 Å². The first-order valence-corrected chi connectivity index (χ1v) is 15.4. The van der Waals surface area contributed by atoms with Gasteiger partial charge in [0.2, 0.25) is 11.8 Å². The van der Waals surface area contributed by atoms with Gasteiger partial charge in [-0.15, -0.1) is 0 Å². The highest BCUT2D eigenvalue weighted by Crippen LogP contribution is 2.36. The highest BCUT2D eigenvalue weighted by Gasteiger charge is 2.34. The molecule has 0 saturated carbocycles. The lowest BCUT2D eigenvalue weighted by Crippen LogP contribution is -2.51. The van der Waals surface area contributed by atoms with Crippen LogP contribution in [-0.2, 0) is 26.2 Å². The molecule has 0 saturated heterocycles. The predicted molar refractivity (Wildman–Crippen MR) is 164 cm³/mol. The second kappa shape index (κ2) is 14.7. The second-order valence-corrected chi connectivity index (χ2v) is 12.1. The third kappa shape index (κ3) is 8.03. The van der Waals surface area contributed by atoms with Crippen LogP contribution in [0.3, 0.4) is 0 Å². The molecule has 0 aromatic heterocycles. The zero-order valence-electron chi connectivity index (χ0n) is 25.2. The number of rotatable bonds is 14. The Kier molecular flexibility index (Phi) is 11.4. The number of ether oxygens (including phenoxy) is 2. The van der Waals surface area contributed by atoms with Gasteiger partial charge in [0.1, 0.15) is 24.1 Å². The van der Waals surface area contributed by atoms with E-state index in [-0.39, 0.29) is 28.8 Å². The number of nitrogens with one attached hydrogen (secondary N) is 1. The van der Waals surface area contributed by atoms with Gasteiger partial charge in [-0.1, -0.05) is 60.9 Å². The highest BCUT2D eigenvalue weighted by atomic mass is 32.2. The van der Waals surface area contributed by atoms with Crippen molar-refractivity contribution in [2.45, 2.75) is 58.0 Å². The largest absolute Gasteiger partial charge is 0.497 e. The van der Waals surface area contributed by atoms with Gasteiger partial charge < -0.3 is 19.7 Å². The van der Waals surface area contributed by atoms with E-state index in [2.05, 4.69) is 5.32 Å². The molecule has 1 atom stereocenters. The zero-order valence-corrected chi connectivity index (χ0v) is 26.0. The van der Waals surface area contributed by atoms with Gasteiger partial charge in [0.15, 0.2) is 0 Å². The van der Waals surface area contributed by atoms with Crippen molar-refractivity contribution in [3.05, 3.63) is 83.4 Å². The standard InChI is InChI=1S/C32H41N3O6S/c1-7-8-19-33-32(37)25(4)34(21-26-13-9-23(2)10-14-26)31(36)22-35(29-20-27(40-5)15-18-30(29)41-6)42(38,39)28-16-11-24(3)12-17-28/h9-18,20,25H,7-8,19,21-22H2,1-6H3,(H,33,37). The van der Waals surface area contributed by atoms with E-state index in [1.165, 1.54) is 37.3 Å². The molecule has 226 valence electrons. The number of aryl methyl sites for hydroxylation is 2. The summed E-state index contributed by atoms with van der Waals surface area (Å²) >= 11 is 0. The first kappa shape index (κ1) is 32.5. The van der Waals surface area contributed by atoms with Gasteiger partial charge >= 0.3 is 0 Å². The highest BCUT2D eigenvalue weighted by molar-refractivity contribution is 7.92. The van der Waals surface area contributed by atoms with E-state index in [9.17, 15) is 18.0 Å². The fourth-order valence-corrected chi connectivity index (χ4v) is 5.77. The van der Waals surface area contributed by atoms with E-state index in [0.29, 0.717) is 12.3 Å². The van der Waals surface area contributed by atoms with Crippen molar-refractivity contribution in [1.82, 2.24) is 10.2 Å². The molecule has 3 aromatic carbocycles. The van der Waals surface area contributed by atoms with E-state index >= 15 is 0 Å². The third-order valence-corrected chi connectivity index (χ3v) is 8.79. The summed E-state index contributed by atoms with van der Waals surface area (Å²) in [7, 11) is -1.35. The number of sulfonamides is 1. The van der Waals surface area contributed by atoms with Crippen molar-refractivity contribution in [3.8, 4) is 11.5 Å². The molecule has 0 spiro atoms. The summed E-state index contributed by atoms with van der Waals surface area (Å²) in [6.07, 6.45) is 1.72. The zero-order chi connectivity index (χ0) is 30.9. The Morgan fingerprint density at radius 3 is 2.10 bits per heavy atom. The van der Waals surface area contributed by atoms with Crippen LogP contribution in [-0.4, -0.2) is 58.5 Å². The molecule has 3 rings (SSSR count). The maximum absolute atomic E-state index is 14.1. The summed E-state index contributed by atoms with van der Waals surface area (Å²) in [5.41, 5.74) is 2.90. The molecule has 1 unspecified atom stereocenters. The first-order chi connectivity index (χ1) is 20.0. The van der Waals surface area contributed by atoms with Gasteiger partial charge in [-0.2, -0.15) is 0 Å². The Balaban J connectivity index is 2.09. The Morgan fingerprint density at radius 1 is 0.905 bits per heavy atom. The van der Waals surface area contributed by atoms with Gasteiger partial charge in [0.25, 0.3) is 10.0 Å². The number of hydrogen-bond acceptors (Lipinski definition) is 6. The molecule has 0 aliphatic heterocycles. The Morgan fingerprint density at radius 2 is 1.52 bits per heavy atom. The average molecular weight is 596 g/mol. The fraction of sp³-hybridized carbons (Fsp3) is 0.375. The summed E-state index contributed by atoms with van der Waals surface area (Å²) < 4.78 is 40.2. The van der Waals surface area contributed by atoms with Crippen LogP contribution in [0.2, 0.25) is 0 Å². The third-order valence-electron chi connectivity index (χ3n) is 7.01. The molecule has 1 N–H and O–H groups in total. The molecule has 0 fully saturated rings. The predicted octanol–water partition coefficient (Wildman–Crippen LogP) is 4.85. The topological polar surface area (TPSA) is 105 Å². The lowest BCUT2D eigenvalue weighted by Gasteiger charge is -2.32. The minimum atomic E-state index is -4.25. The summed E-state index contributed by atoms with van der Waals surface area (Å²) in [4.78, 5) is 28.7. The summed E-state index contributed by atoms with van der Waals surface area (Å²) in [5.74, 6) is -0.220. The summed E-state index contributed by atoms with van der Waals surface area (Å²) in [6, 6.07) is 17.9. The molecule has 0 aliphatic rings. The van der Waals surface area contributed by atoms with Gasteiger partial charge in [-0.3, -0.25) is 13.9 Å². The summed E-state index contributed by atoms with van der Waals surface area (Å²) in [6.45, 7) is 7.54. The molecule has 0 bridgehead atoms. The number of amides is 2. The van der Waals surface area contributed by atoms with E-state index < -0.39 is 28.5 Å². The van der Waals surface area contributed by atoms with Gasteiger partial charge in [-0.05, 0) is 57.0 Å². The Hall–Kier alpha value is -4.05. The normalized spacial score (nSPS) is 11.9. The molecular formula is C32H41N3O6S. The quantitative estimate of drug-likeness (QED) is 0.267. The fourth-order valence-electron chi connectivity index (χ4n) is 4.35. The number of anilines is 1. The molecule has 2 amide bonds. The molecular weight excluding hydrogens is 554 g/mol. The molecule has 0 heterocycles. The Bertz CT molecular complexity index is 1460. The number of methoxy groups -OCH3 is 2. The van der Waals surface area contributed by atoms with Crippen LogP contribution in [0.15, 0.2) is 71.6 Å². The SMILES string of the molecule is CCCCNC(=O)C(C)N(Cc1ccc(C)cc1)C(=O)CN(c1cc(OC)ccc1OC)S(=O)(=O)c1ccc(C)cc1. The van der Waals surface area contributed by atoms with Crippen molar-refractivity contribution in [3.63, 3.8) is 0 Å². The van der Waals surface area contributed by atoms with Gasteiger partial charge in [-0.25, -0.2) is 8.42 Å². The van der Waals surface area contributed by atoms with Crippen LogP contribution < -0.4 is 19.1 Å². The van der Waals surface area contributed by atoms with Gasteiger partial charge in [0, 0.05) is 19.2 Å². The molecule has 3 aromatic rings. The maximum atomic E-state index is 14.1. The lowest BCUT2D eigenvalue weighted by atomic mass is 10.1. The first-order valence-electron chi connectivity index (χ1n) is 14.0. The molecule has 10 heteroatoms. The number of hydrogen-bond donors (Lipinski definition) is 1.